The Morgan fingerprint density at radius 3 is 2.44 bits per heavy atom. The lowest BCUT2D eigenvalue weighted by molar-refractivity contribution is 0.00188. The largest absolute Gasteiger partial charge is 0.508 e. The maximum Gasteiger partial charge on any atom is 0.410 e. The average molecular weight is 352 g/mol. The molecule has 7 heteroatoms. The number of benzene rings is 1. The number of amides is 2. The molecular formula is C18H25FN2O4. The van der Waals surface area contributed by atoms with Crippen LogP contribution in [0, 0.1) is 12.7 Å². The van der Waals surface area contributed by atoms with Crippen molar-refractivity contribution in [3.63, 3.8) is 0 Å². The van der Waals surface area contributed by atoms with E-state index in [2.05, 4.69) is 0 Å². The van der Waals surface area contributed by atoms with Gasteiger partial charge in [-0.1, -0.05) is 0 Å². The van der Waals surface area contributed by atoms with E-state index in [1.165, 1.54) is 11.0 Å². The summed E-state index contributed by atoms with van der Waals surface area (Å²) in [6.45, 7) is 9.70. The van der Waals surface area contributed by atoms with Gasteiger partial charge >= 0.3 is 6.09 Å². The van der Waals surface area contributed by atoms with Crippen molar-refractivity contribution < 1.29 is 23.8 Å². The first-order chi connectivity index (χ1) is 11.5. The summed E-state index contributed by atoms with van der Waals surface area (Å²) in [5.74, 6) is -1.40. The Hall–Kier alpha value is -2.31. The molecule has 0 aliphatic carbocycles. The van der Waals surface area contributed by atoms with Crippen LogP contribution in [0.2, 0.25) is 0 Å². The number of hydrogen-bond donors (Lipinski definition) is 1. The van der Waals surface area contributed by atoms with E-state index in [9.17, 15) is 19.1 Å². The van der Waals surface area contributed by atoms with Gasteiger partial charge in [-0.05, 0) is 46.2 Å². The lowest BCUT2D eigenvalue weighted by Gasteiger charge is -2.40. The third-order valence-electron chi connectivity index (χ3n) is 4.03. The van der Waals surface area contributed by atoms with E-state index < -0.39 is 23.4 Å². The minimum atomic E-state index is -0.746. The van der Waals surface area contributed by atoms with Crippen LogP contribution < -0.4 is 0 Å². The van der Waals surface area contributed by atoms with E-state index in [0.717, 1.165) is 6.07 Å². The molecule has 138 valence electrons. The lowest BCUT2D eigenvalue weighted by Crippen LogP contribution is -2.56. The summed E-state index contributed by atoms with van der Waals surface area (Å²) in [5, 5.41) is 9.42. The molecule has 6 nitrogen and oxygen atoms in total. The minimum absolute atomic E-state index is 0.0456. The van der Waals surface area contributed by atoms with Crippen LogP contribution in [0.1, 0.15) is 43.6 Å². The van der Waals surface area contributed by atoms with Crippen LogP contribution in [0.4, 0.5) is 9.18 Å². The molecule has 1 aromatic carbocycles. The van der Waals surface area contributed by atoms with Crippen LogP contribution in [0.25, 0.3) is 0 Å². The van der Waals surface area contributed by atoms with Gasteiger partial charge in [0.2, 0.25) is 0 Å². The highest BCUT2D eigenvalue weighted by Crippen LogP contribution is 2.23. The Morgan fingerprint density at radius 2 is 1.92 bits per heavy atom. The molecule has 1 aliphatic rings. The van der Waals surface area contributed by atoms with Gasteiger partial charge in [0, 0.05) is 31.7 Å². The van der Waals surface area contributed by atoms with Gasteiger partial charge < -0.3 is 19.6 Å². The zero-order chi connectivity index (χ0) is 18.9. The number of nitrogens with zero attached hydrogens (tertiary/aromatic N) is 2. The van der Waals surface area contributed by atoms with Crippen molar-refractivity contribution in [1.29, 1.82) is 0 Å². The van der Waals surface area contributed by atoms with Gasteiger partial charge in [-0.2, -0.15) is 0 Å². The standard InChI is InChI=1S/C18H25FN2O4/c1-11-8-13(22)9-14(19)15(11)16(23)20-6-7-21(12(2)10-20)17(24)25-18(3,4)5/h8-9,12,22H,6-7,10H2,1-5H3/t12-/m1/s1. The van der Waals surface area contributed by atoms with Crippen molar-refractivity contribution in [2.45, 2.75) is 46.3 Å². The van der Waals surface area contributed by atoms with Crippen molar-refractivity contribution in [2.75, 3.05) is 19.6 Å². The zero-order valence-corrected chi connectivity index (χ0v) is 15.3. The van der Waals surface area contributed by atoms with E-state index >= 15 is 0 Å². The molecule has 0 unspecified atom stereocenters. The highest BCUT2D eigenvalue weighted by Gasteiger charge is 2.33. The van der Waals surface area contributed by atoms with E-state index in [4.69, 9.17) is 4.74 Å². The first-order valence-corrected chi connectivity index (χ1v) is 8.27. The maximum atomic E-state index is 14.1. The second-order valence-corrected chi connectivity index (χ2v) is 7.39. The van der Waals surface area contributed by atoms with Crippen molar-refractivity contribution in [3.8, 4) is 5.75 Å². The van der Waals surface area contributed by atoms with Crippen molar-refractivity contribution in [3.05, 3.63) is 29.1 Å². The third-order valence-corrected chi connectivity index (χ3v) is 4.03. The second kappa shape index (κ2) is 6.90. The van der Waals surface area contributed by atoms with Gasteiger partial charge in [0.05, 0.1) is 5.56 Å². The van der Waals surface area contributed by atoms with Crippen LogP contribution in [0.5, 0.6) is 5.75 Å². The summed E-state index contributed by atoms with van der Waals surface area (Å²) < 4.78 is 19.5. The molecule has 2 amide bonds. The summed E-state index contributed by atoms with van der Waals surface area (Å²) in [6, 6.07) is 2.05. The van der Waals surface area contributed by atoms with E-state index in [1.807, 2.05) is 6.92 Å². The molecule has 1 fully saturated rings. The van der Waals surface area contributed by atoms with Crippen LogP contribution in [0.15, 0.2) is 12.1 Å². The number of aromatic hydroxyl groups is 1. The molecule has 0 radical (unpaired) electrons. The molecular weight excluding hydrogens is 327 g/mol. The molecule has 0 spiro atoms. The molecule has 0 bridgehead atoms. The fourth-order valence-corrected chi connectivity index (χ4v) is 2.89. The Kier molecular flexibility index (Phi) is 5.25. The number of aryl methyl sites for hydroxylation is 1. The van der Waals surface area contributed by atoms with Gasteiger partial charge in [0.1, 0.15) is 17.2 Å². The summed E-state index contributed by atoms with van der Waals surface area (Å²) in [4.78, 5) is 28.0. The van der Waals surface area contributed by atoms with Crippen molar-refractivity contribution in [2.24, 2.45) is 0 Å². The van der Waals surface area contributed by atoms with E-state index in [-0.39, 0.29) is 23.9 Å². The smallest absolute Gasteiger partial charge is 0.410 e. The first-order valence-electron chi connectivity index (χ1n) is 8.27. The van der Waals surface area contributed by atoms with Crippen LogP contribution in [0.3, 0.4) is 0 Å². The van der Waals surface area contributed by atoms with Gasteiger partial charge in [0.15, 0.2) is 0 Å². The number of hydrogen-bond acceptors (Lipinski definition) is 4. The molecule has 1 saturated heterocycles. The van der Waals surface area contributed by atoms with Gasteiger partial charge in [0.25, 0.3) is 5.91 Å². The fourth-order valence-electron chi connectivity index (χ4n) is 2.89. The first kappa shape index (κ1) is 19.0. The molecule has 1 N–H and O–H groups in total. The summed E-state index contributed by atoms with van der Waals surface area (Å²) in [6.07, 6.45) is -0.418. The number of phenols is 1. The molecule has 1 aromatic rings. The van der Waals surface area contributed by atoms with Crippen LogP contribution in [-0.2, 0) is 4.74 Å². The second-order valence-electron chi connectivity index (χ2n) is 7.39. The van der Waals surface area contributed by atoms with E-state index in [0.29, 0.717) is 18.7 Å². The quantitative estimate of drug-likeness (QED) is 0.844. The molecule has 25 heavy (non-hydrogen) atoms. The van der Waals surface area contributed by atoms with E-state index in [1.54, 1.807) is 32.6 Å². The highest BCUT2D eigenvalue weighted by molar-refractivity contribution is 5.96. The molecule has 2 rings (SSSR count). The number of carbonyl (C=O) groups is 2. The fraction of sp³-hybridized carbons (Fsp3) is 0.556. The molecule has 0 saturated carbocycles. The zero-order valence-electron chi connectivity index (χ0n) is 15.3. The Bertz CT molecular complexity index is 661. The SMILES string of the molecule is Cc1cc(O)cc(F)c1C(=O)N1CCN(C(=O)OC(C)(C)C)[C@H](C)C1. The Morgan fingerprint density at radius 1 is 1.28 bits per heavy atom. The predicted molar refractivity (Wildman–Crippen MR) is 91.1 cm³/mol. The third kappa shape index (κ3) is 4.41. The number of halogens is 1. The van der Waals surface area contributed by atoms with Gasteiger partial charge in [-0.3, -0.25) is 4.79 Å². The summed E-state index contributed by atoms with van der Waals surface area (Å²) in [5.41, 5.74) is -0.254. The monoisotopic (exact) mass is 352 g/mol. The number of ether oxygens (including phenoxy) is 1. The molecule has 1 heterocycles. The number of phenolic OH excluding ortho intramolecular Hbond substituents is 1. The van der Waals surface area contributed by atoms with Crippen LogP contribution in [-0.4, -0.2) is 58.2 Å². The lowest BCUT2D eigenvalue weighted by atomic mass is 10.0. The Balaban J connectivity index is 2.11. The van der Waals surface area contributed by atoms with Crippen molar-refractivity contribution in [1.82, 2.24) is 9.80 Å². The normalized spacial score (nSPS) is 18.2. The minimum Gasteiger partial charge on any atom is -0.508 e. The topological polar surface area (TPSA) is 70.1 Å². The maximum absolute atomic E-state index is 14.1. The number of carbonyl (C=O) groups excluding carboxylic acids is 2. The molecule has 1 atom stereocenters. The van der Waals surface area contributed by atoms with Gasteiger partial charge in [-0.15, -0.1) is 0 Å². The van der Waals surface area contributed by atoms with Crippen molar-refractivity contribution >= 4 is 12.0 Å². The summed E-state index contributed by atoms with van der Waals surface area (Å²) in [7, 11) is 0. The Labute approximate surface area is 147 Å². The summed E-state index contributed by atoms with van der Waals surface area (Å²) >= 11 is 0. The molecule has 0 aromatic heterocycles. The highest BCUT2D eigenvalue weighted by atomic mass is 19.1. The number of rotatable bonds is 1. The number of piperazine rings is 1. The average Bonchev–Trinajstić information content (AvgIpc) is 2.43. The predicted octanol–water partition coefficient (Wildman–Crippen LogP) is 2.92. The van der Waals surface area contributed by atoms with Gasteiger partial charge in [-0.25, -0.2) is 9.18 Å². The van der Waals surface area contributed by atoms with Crippen LogP contribution >= 0.6 is 0 Å². The molecule has 1 aliphatic heterocycles.